The van der Waals surface area contributed by atoms with Gasteiger partial charge in [-0.05, 0) is 72.8 Å². The van der Waals surface area contributed by atoms with Crippen LogP contribution in [0.25, 0.3) is 0 Å². The number of ether oxygens (including phenoxy) is 1. The number of nitrogens with one attached hydrogen (secondary N) is 1. The molecule has 31 heavy (non-hydrogen) atoms. The Morgan fingerprint density at radius 2 is 2.00 bits per heavy atom. The number of aromatic nitrogens is 2. The van der Waals surface area contributed by atoms with Crippen LogP contribution >= 0.6 is 0 Å². The first-order valence-corrected chi connectivity index (χ1v) is 11.6. The van der Waals surface area contributed by atoms with Gasteiger partial charge in [-0.15, -0.1) is 0 Å². The number of aryl methyl sites for hydroxylation is 3. The van der Waals surface area contributed by atoms with Crippen molar-refractivity contribution >= 4 is 12.1 Å². The van der Waals surface area contributed by atoms with E-state index in [4.69, 9.17) is 4.74 Å². The van der Waals surface area contributed by atoms with Gasteiger partial charge in [0.25, 0.3) is 0 Å². The molecule has 1 aromatic heterocycles. The van der Waals surface area contributed by atoms with Crippen molar-refractivity contribution in [1.82, 2.24) is 24.9 Å². The third-order valence-electron chi connectivity index (χ3n) is 5.57. The van der Waals surface area contributed by atoms with Crippen LogP contribution in [-0.4, -0.2) is 77.0 Å². The van der Waals surface area contributed by atoms with Gasteiger partial charge in [-0.2, -0.15) is 5.10 Å². The molecule has 0 aromatic carbocycles. The largest absolute Gasteiger partial charge is 0.444 e. The number of hydrogen-bond donors (Lipinski definition) is 1. The minimum atomic E-state index is -0.457. The number of aliphatic imine (C=N–C) groups is 1. The summed E-state index contributed by atoms with van der Waals surface area (Å²) in [6, 6.07) is 2.11. The van der Waals surface area contributed by atoms with Gasteiger partial charge in [-0.3, -0.25) is 9.67 Å². The predicted octanol–water partition coefficient (Wildman–Crippen LogP) is 3.43. The second kappa shape index (κ2) is 11.4. The van der Waals surface area contributed by atoms with Crippen molar-refractivity contribution in [3.63, 3.8) is 0 Å². The summed E-state index contributed by atoms with van der Waals surface area (Å²) in [7, 11) is 1.84. The molecule has 1 amide bonds. The average molecular weight is 435 g/mol. The quantitative estimate of drug-likeness (QED) is 0.404. The minimum absolute atomic E-state index is 0.211. The molecule has 8 heteroatoms. The lowest BCUT2D eigenvalue weighted by molar-refractivity contribution is 0.0214. The third kappa shape index (κ3) is 8.07. The normalized spacial score (nSPS) is 15.8. The molecule has 1 aliphatic heterocycles. The first-order chi connectivity index (χ1) is 14.6. The van der Waals surface area contributed by atoms with Crippen molar-refractivity contribution in [2.45, 2.75) is 73.0 Å². The van der Waals surface area contributed by atoms with E-state index in [-0.39, 0.29) is 6.09 Å². The summed E-state index contributed by atoms with van der Waals surface area (Å²) in [5, 5.41) is 8.02. The Balaban J connectivity index is 1.74. The van der Waals surface area contributed by atoms with Crippen molar-refractivity contribution in [3.8, 4) is 0 Å². The number of rotatable bonds is 7. The number of amides is 1. The van der Waals surface area contributed by atoms with Crippen LogP contribution in [0.5, 0.6) is 0 Å². The van der Waals surface area contributed by atoms with E-state index >= 15 is 0 Å². The van der Waals surface area contributed by atoms with Crippen molar-refractivity contribution in [2.24, 2.45) is 10.9 Å². The van der Waals surface area contributed by atoms with Gasteiger partial charge in [-0.25, -0.2) is 4.79 Å². The molecule has 1 N–H and O–H groups in total. The zero-order chi connectivity index (χ0) is 23.0. The molecular weight excluding hydrogens is 392 g/mol. The molecule has 1 aliphatic rings. The van der Waals surface area contributed by atoms with E-state index in [0.29, 0.717) is 12.5 Å². The van der Waals surface area contributed by atoms with Crippen LogP contribution in [0.3, 0.4) is 0 Å². The topological polar surface area (TPSA) is 75.0 Å². The molecule has 0 unspecified atom stereocenters. The van der Waals surface area contributed by atoms with E-state index in [1.807, 2.05) is 46.6 Å². The number of piperidine rings is 1. The Morgan fingerprint density at radius 1 is 1.32 bits per heavy atom. The molecule has 0 saturated carbocycles. The molecule has 0 atom stereocenters. The van der Waals surface area contributed by atoms with E-state index in [9.17, 15) is 4.79 Å². The van der Waals surface area contributed by atoms with Crippen LogP contribution in [0.2, 0.25) is 0 Å². The molecule has 0 aliphatic carbocycles. The Labute approximate surface area is 188 Å². The third-order valence-corrected chi connectivity index (χ3v) is 5.57. The van der Waals surface area contributed by atoms with Crippen LogP contribution in [0, 0.1) is 19.8 Å². The highest BCUT2D eigenvalue weighted by Crippen LogP contribution is 2.20. The maximum Gasteiger partial charge on any atom is 0.410 e. The molecule has 2 rings (SSSR count). The number of carbonyl (C=O) groups excluding carboxylic acids is 1. The van der Waals surface area contributed by atoms with E-state index in [1.54, 1.807) is 0 Å². The number of likely N-dealkylation sites (tertiary alicyclic amines) is 1. The van der Waals surface area contributed by atoms with E-state index in [2.05, 4.69) is 38.0 Å². The highest BCUT2D eigenvalue weighted by molar-refractivity contribution is 5.79. The second-order valence-electron chi connectivity index (χ2n) is 9.43. The van der Waals surface area contributed by atoms with Gasteiger partial charge >= 0.3 is 6.09 Å². The van der Waals surface area contributed by atoms with Gasteiger partial charge in [0.1, 0.15) is 5.60 Å². The van der Waals surface area contributed by atoms with E-state index in [1.165, 1.54) is 5.69 Å². The maximum atomic E-state index is 12.4. The molecule has 0 radical (unpaired) electrons. The van der Waals surface area contributed by atoms with Crippen molar-refractivity contribution in [3.05, 3.63) is 17.5 Å². The van der Waals surface area contributed by atoms with Gasteiger partial charge in [-0.1, -0.05) is 0 Å². The Morgan fingerprint density at radius 3 is 2.52 bits per heavy atom. The summed E-state index contributed by atoms with van der Waals surface area (Å²) in [5.74, 6) is 1.46. The molecule has 1 fully saturated rings. The minimum Gasteiger partial charge on any atom is -0.444 e. The van der Waals surface area contributed by atoms with Crippen LogP contribution in [0.15, 0.2) is 11.1 Å². The molecule has 8 nitrogen and oxygen atoms in total. The van der Waals surface area contributed by atoms with Crippen LogP contribution < -0.4 is 5.32 Å². The van der Waals surface area contributed by atoms with Crippen LogP contribution in [0.4, 0.5) is 4.79 Å². The molecular formula is C23H42N6O2. The first kappa shape index (κ1) is 25.0. The number of nitrogens with zero attached hydrogens (tertiary/aromatic N) is 5. The van der Waals surface area contributed by atoms with Crippen LogP contribution in [0.1, 0.15) is 58.3 Å². The lowest BCUT2D eigenvalue weighted by atomic mass is 9.96. The summed E-state index contributed by atoms with van der Waals surface area (Å²) in [6.07, 6.45) is 2.88. The highest BCUT2D eigenvalue weighted by atomic mass is 16.6. The van der Waals surface area contributed by atoms with Crippen molar-refractivity contribution in [2.75, 3.05) is 39.8 Å². The average Bonchev–Trinajstić information content (AvgIpc) is 3.02. The first-order valence-electron chi connectivity index (χ1n) is 11.6. The van der Waals surface area contributed by atoms with Crippen LogP contribution in [-0.2, 0) is 11.3 Å². The van der Waals surface area contributed by atoms with E-state index in [0.717, 1.165) is 63.6 Å². The molecule has 0 bridgehead atoms. The Hall–Kier alpha value is -2.25. The monoisotopic (exact) mass is 434 g/mol. The number of carbonyl (C=O) groups is 1. The smallest absolute Gasteiger partial charge is 0.410 e. The molecule has 1 saturated heterocycles. The van der Waals surface area contributed by atoms with Gasteiger partial charge in [0.05, 0.1) is 5.69 Å². The SMILES string of the molecule is CCN(CC1CCN(C(=NC)NCCCn2nc(C)cc2C)CC1)C(=O)OC(C)(C)C. The lowest BCUT2D eigenvalue weighted by Gasteiger charge is -2.36. The molecule has 176 valence electrons. The van der Waals surface area contributed by atoms with Gasteiger partial charge in [0.15, 0.2) is 5.96 Å². The Bertz CT molecular complexity index is 729. The molecule has 0 spiro atoms. The zero-order valence-electron chi connectivity index (χ0n) is 20.6. The van der Waals surface area contributed by atoms with Gasteiger partial charge < -0.3 is 19.9 Å². The zero-order valence-corrected chi connectivity index (χ0v) is 20.6. The summed E-state index contributed by atoms with van der Waals surface area (Å²) >= 11 is 0. The molecule has 2 heterocycles. The fraction of sp³-hybridized carbons (Fsp3) is 0.783. The van der Waals surface area contributed by atoms with Gasteiger partial charge in [0.2, 0.25) is 0 Å². The fourth-order valence-corrected chi connectivity index (χ4v) is 3.96. The number of hydrogen-bond acceptors (Lipinski definition) is 4. The van der Waals surface area contributed by atoms with Gasteiger partial charge in [0, 0.05) is 52.0 Å². The predicted molar refractivity (Wildman–Crippen MR) is 125 cm³/mol. The molecule has 1 aromatic rings. The summed E-state index contributed by atoms with van der Waals surface area (Å²) in [4.78, 5) is 21.0. The maximum absolute atomic E-state index is 12.4. The standard InChI is InChI=1S/C23H42N6O2/c1-8-27(22(30)31-23(4,5)6)17-20-10-14-28(15-11-20)21(24-7)25-12-9-13-29-19(3)16-18(2)26-29/h16,20H,8-15,17H2,1-7H3,(H,24,25). The van der Waals surface area contributed by atoms with E-state index < -0.39 is 5.60 Å². The summed E-state index contributed by atoms with van der Waals surface area (Å²) < 4.78 is 7.61. The summed E-state index contributed by atoms with van der Waals surface area (Å²) in [5.41, 5.74) is 1.81. The lowest BCUT2D eigenvalue weighted by Crippen LogP contribution is -2.48. The second-order valence-corrected chi connectivity index (χ2v) is 9.43. The van der Waals surface area contributed by atoms with Crippen molar-refractivity contribution in [1.29, 1.82) is 0 Å². The Kier molecular flexibility index (Phi) is 9.19. The van der Waals surface area contributed by atoms with Crippen molar-refractivity contribution < 1.29 is 9.53 Å². The number of guanidine groups is 1. The fourth-order valence-electron chi connectivity index (χ4n) is 3.96. The highest BCUT2D eigenvalue weighted by Gasteiger charge is 2.27. The summed E-state index contributed by atoms with van der Waals surface area (Å²) in [6.45, 7) is 17.0.